The van der Waals surface area contributed by atoms with Crippen LogP contribution in [0.4, 0.5) is 0 Å². The molecular weight excluding hydrogens is 2240 g/mol. The van der Waals surface area contributed by atoms with Gasteiger partial charge in [-0.2, -0.15) is 0 Å². The molecule has 0 aromatic heterocycles. The van der Waals surface area contributed by atoms with Gasteiger partial charge >= 0.3 is 11.4 Å². The third-order valence-corrected chi connectivity index (χ3v) is 35.3. The fraction of sp³-hybridized carbons (Fsp3) is 0.579. The van der Waals surface area contributed by atoms with Gasteiger partial charge < -0.3 is 35.6 Å². The van der Waals surface area contributed by atoms with Gasteiger partial charge in [0.05, 0.1) is 0 Å². The minimum Gasteiger partial charge on any atom is -0.325 e. The Morgan fingerprint density at radius 3 is 0.952 bits per heavy atom. The summed E-state index contributed by atoms with van der Waals surface area (Å²) >= 11 is 19.9. The van der Waals surface area contributed by atoms with Gasteiger partial charge in [-0.15, -0.1) is 36.2 Å². The van der Waals surface area contributed by atoms with Crippen molar-refractivity contribution < 1.29 is 71.9 Å². The van der Waals surface area contributed by atoms with Crippen LogP contribution in [0.25, 0.3) is 0 Å². The summed E-state index contributed by atoms with van der Waals surface area (Å²) in [7, 11) is 14.8. The number of aryl methyl sites for hydroxylation is 1. The zero-order chi connectivity index (χ0) is 103. The maximum absolute atomic E-state index is 12.8. The number of thiol groups is 1. The van der Waals surface area contributed by atoms with Crippen molar-refractivity contribution in [3.05, 3.63) is 157 Å². The largest absolute Gasteiger partial charge is 0.643 e. The van der Waals surface area contributed by atoms with Gasteiger partial charge in [0, 0.05) is 139 Å². The summed E-state index contributed by atoms with van der Waals surface area (Å²) in [6.45, 7) is 5.33. The summed E-state index contributed by atoms with van der Waals surface area (Å²) < 4.78 is 0.907. The number of fused-ring (bicyclic) bond motifs is 5. The van der Waals surface area contributed by atoms with Crippen LogP contribution >= 0.6 is 130 Å². The highest BCUT2D eigenvalue weighted by Crippen LogP contribution is 2.57. The van der Waals surface area contributed by atoms with Gasteiger partial charge in [-0.05, 0) is 315 Å². The average molecular weight is 2380 g/mol. The van der Waals surface area contributed by atoms with Crippen molar-refractivity contribution in [2.24, 2.45) is 41.2 Å². The van der Waals surface area contributed by atoms with Gasteiger partial charge in [-0.1, -0.05) is 139 Å². The number of nitrogens with zero attached hydrogens (tertiary/aromatic N) is 5. The van der Waals surface area contributed by atoms with E-state index in [-0.39, 0.29) is 121 Å². The van der Waals surface area contributed by atoms with Gasteiger partial charge in [0.25, 0.3) is 29.5 Å². The van der Waals surface area contributed by atoms with Crippen molar-refractivity contribution in [3.8, 4) is 0 Å². The SMILES string of the molecule is BrCCCCCCCBr.Cc1ccc2c(c1)CN(C1CCC(=O)NC1=O)C2=O.NC12CC3CC(CC(C3)C1)C2.O=C1CCC(N2Cc3cc(Br)ccc3C2=O)C(=O)N1.O=C1CCC(N2Cc3cc(S)ccc3C2=O)C(=O)N1.O=C1CCC(N2Cc3cc(SCCCCCCCBr)ccc3C2=O)C(=O)N1.O=C1CCC(N2Cc3cc(SCCCCCCCNC45CC6CC(CC(C6)C4)C5)ccc3C2=O)C(=O)N1.[Cl][Al]([Cl])[Cl]. The van der Waals surface area contributed by atoms with E-state index < -0.39 is 41.6 Å². The number of rotatable bonds is 29. The molecule has 5 atom stereocenters. The molecule has 5 unspecified atom stereocenters. The maximum Gasteiger partial charge on any atom is 0.643 e. The topological polar surface area (TPSA) is 370 Å². The fourth-order valence-corrected chi connectivity index (χ4v) is 28.3. The molecule has 0 radical (unpaired) electrons. The monoisotopic (exact) mass is 2370 g/mol. The summed E-state index contributed by atoms with van der Waals surface area (Å²) in [6, 6.07) is 25.7. The zero-order valence-electron chi connectivity index (χ0n) is 82.4. The lowest BCUT2D eigenvalue weighted by Gasteiger charge is -2.57. The number of hydrogen-bond donors (Lipinski definition) is 8. The maximum atomic E-state index is 12.8. The van der Waals surface area contributed by atoms with E-state index in [9.17, 15) is 71.9 Å². The number of nitrogens with one attached hydrogen (secondary N) is 6. The molecule has 0 spiro atoms. The summed E-state index contributed by atoms with van der Waals surface area (Å²) in [4.78, 5) is 189. The molecule has 5 saturated heterocycles. The van der Waals surface area contributed by atoms with Crippen LogP contribution in [0.3, 0.4) is 0 Å². The molecule has 27 nitrogen and oxygen atoms in total. The Balaban J connectivity index is 0.000000138. The molecule has 23 rings (SSSR count). The van der Waals surface area contributed by atoms with E-state index >= 15 is 0 Å². The lowest BCUT2D eigenvalue weighted by atomic mass is 9.53. The van der Waals surface area contributed by atoms with Gasteiger partial charge in [0.15, 0.2) is 0 Å². The number of carbonyl (C=O) groups excluding carboxylic acids is 15. The molecule has 18 aliphatic rings. The van der Waals surface area contributed by atoms with E-state index in [1.165, 1.54) is 205 Å². The summed E-state index contributed by atoms with van der Waals surface area (Å²) in [5.41, 5.74) is 16.2. The smallest absolute Gasteiger partial charge is 0.325 e. The van der Waals surface area contributed by atoms with Crippen molar-refractivity contribution in [2.45, 2.75) is 333 Å². The van der Waals surface area contributed by atoms with Crippen molar-refractivity contribution in [1.82, 2.24) is 56.4 Å². The highest BCUT2D eigenvalue weighted by Gasteiger charge is 2.53. The Morgan fingerprint density at radius 2 is 0.634 bits per heavy atom. The molecule has 145 heavy (non-hydrogen) atoms. The minimum absolute atomic E-state index is 0.0984. The Morgan fingerprint density at radius 1 is 0.366 bits per heavy atom. The quantitative estimate of drug-likeness (QED) is 0.00550. The summed E-state index contributed by atoms with van der Waals surface area (Å²) in [5, 5.41) is 19.0. The number of piperidine rings is 5. The van der Waals surface area contributed by atoms with E-state index in [4.69, 9.17) is 35.9 Å². The number of imide groups is 5. The number of benzene rings is 5. The molecule has 8 bridgehead atoms. The third-order valence-electron chi connectivity index (χ3n) is 30.7. The Bertz CT molecular complexity index is 5290. The molecule has 10 heterocycles. The van der Waals surface area contributed by atoms with Crippen molar-refractivity contribution in [3.63, 3.8) is 0 Å². The molecule has 5 aromatic rings. The van der Waals surface area contributed by atoms with Gasteiger partial charge in [0.2, 0.25) is 59.1 Å². The first-order valence-corrected chi connectivity index (χ1v) is 63.5. The fourth-order valence-electron chi connectivity index (χ4n) is 24.5. The van der Waals surface area contributed by atoms with Crippen LogP contribution in [0.1, 0.15) is 323 Å². The first-order chi connectivity index (χ1) is 69.6. The van der Waals surface area contributed by atoms with E-state index in [2.05, 4.69) is 120 Å². The lowest BCUT2D eigenvalue weighted by molar-refractivity contribution is -0.138. The van der Waals surface area contributed by atoms with Crippen LogP contribution in [-0.4, -0.2) is 200 Å². The molecule has 8 saturated carbocycles. The first kappa shape index (κ1) is 114. The van der Waals surface area contributed by atoms with E-state index in [1.54, 1.807) is 43.9 Å². The molecule has 10 aliphatic heterocycles. The highest BCUT2D eigenvalue weighted by molar-refractivity contribution is 9.10. The average Bonchev–Trinajstić information content (AvgIpc) is 1.69. The van der Waals surface area contributed by atoms with Crippen LogP contribution in [0.2, 0.25) is 0 Å². The second kappa shape index (κ2) is 54.1. The van der Waals surface area contributed by atoms with Crippen molar-refractivity contribution >= 4 is 230 Å². The van der Waals surface area contributed by atoms with E-state index in [0.29, 0.717) is 104 Å². The highest BCUT2D eigenvalue weighted by atomic mass is 79.9. The summed E-state index contributed by atoms with van der Waals surface area (Å²) in [6.07, 6.45) is 40.4. The Hall–Kier alpha value is -6.56. The lowest BCUT2D eigenvalue weighted by Crippen LogP contribution is -2.58. The molecule has 782 valence electrons. The number of unbranched alkanes of at least 4 members (excludes halogenated alkanes) is 12. The number of nitrogens with two attached hydrogens (primary N) is 1. The first-order valence-electron chi connectivity index (χ1n) is 51.7. The van der Waals surface area contributed by atoms with Gasteiger partial charge in [-0.3, -0.25) is 98.5 Å². The molecule has 38 heteroatoms. The summed E-state index contributed by atoms with van der Waals surface area (Å²) in [5.74, 6) is 4.51. The normalized spacial score (nSPS) is 26.0. The predicted molar refractivity (Wildman–Crippen MR) is 582 cm³/mol. The van der Waals surface area contributed by atoms with Crippen molar-refractivity contribution in [1.29, 1.82) is 0 Å². The third kappa shape index (κ3) is 30.9. The minimum atomic E-state index is -1.72. The van der Waals surface area contributed by atoms with Crippen LogP contribution in [0.15, 0.2) is 110 Å². The number of carbonyl (C=O) groups is 15. The van der Waals surface area contributed by atoms with Crippen LogP contribution < -0.4 is 37.6 Å². The second-order valence-corrected chi connectivity index (χ2v) is 54.2. The second-order valence-electron chi connectivity index (χ2n) is 41.7. The predicted octanol–water partition coefficient (Wildman–Crippen LogP) is 19.0. The van der Waals surface area contributed by atoms with Gasteiger partial charge in [-0.25, -0.2) is 30.1 Å². The molecule has 15 amide bonds. The van der Waals surface area contributed by atoms with Crippen LogP contribution in [0.5, 0.6) is 0 Å². The van der Waals surface area contributed by atoms with Crippen molar-refractivity contribution in [2.75, 3.05) is 34.0 Å². The standard InChI is InChI=1S/C30H41N3O3S.C20H25BrN2O3S.C14H14N2O3.C13H11BrN2O3.C13H12N2O3S.C10H17N.C7H14Br2.Al.3ClH/c34-27-9-8-26(28(35)32-27)33-19-23-15-24(6-7-25(23)29(33)36)37-11-5-3-1-2-4-10-31-30-16-20-12-21(17-30)14-22(13-20)18-30;21-10-4-2-1-3-5-11-27-15-6-7-16-14(12-15)13-23(20(16)26)17-8-9-18(24)22-19(17)25;1-8-2-3-10-9(6-8)7-16(14(10)19)11-4-5-12(17)15-13(11)18;14-8-1-2-9-7(5-8)6-16(13(9)19)10-3-4-11(17)15-12(10)18;16-11-4-3-10(12(17)14-11)15-6-7-5-8(19)1-2-9(7)13(15)18;11-10-4-7-1-8(5-10)3-9(2-7)6-10;8-6-4-2-1-3-5-7-9;;;;/h6-7,15,20-22,26,31H,1-5,8-14,16-19H2,(H,32,34,35);6-7,12,17H,1-5,8-11,13H2,(H,22,24,25);2-3,6,11H,4-5,7H2,1H3,(H,15,17,18);1-2,5,10H,3-4,6H2,(H,15,17,18);1-2,5,10,19H,3-4,6H2,(H,14,16,17);7-9H,1-6,11H2;1-7H2;;3*1H/q;;;;;;;+3;;;/p-3. The number of alkyl halides is 3. The van der Waals surface area contributed by atoms with Crippen LogP contribution in [-0.2, 0) is 80.7 Å². The number of hydrogen-bond acceptors (Lipinski definition) is 20. The van der Waals surface area contributed by atoms with E-state index in [1.807, 2.05) is 85.0 Å². The molecule has 13 fully saturated rings. The van der Waals surface area contributed by atoms with E-state index in [0.717, 1.165) is 95.1 Å². The Kier molecular flexibility index (Phi) is 42.6. The molecule has 8 N–H and O–H groups in total. The Labute approximate surface area is 915 Å². The molecule has 5 aromatic carbocycles. The zero-order valence-corrected chi connectivity index (χ0v) is 94.7. The molecule has 8 aliphatic carbocycles. The number of amides is 15. The number of halogens is 7. The molecular formula is C107H134AlBr4Cl3N12O15S3. The van der Waals surface area contributed by atoms with Crippen LogP contribution in [0, 0.1) is 42.4 Å². The van der Waals surface area contributed by atoms with Gasteiger partial charge in [0.1, 0.15) is 30.2 Å². The number of thioether (sulfide) groups is 2.